The molecule has 114 valence electrons. The molecule has 0 unspecified atom stereocenters. The Morgan fingerprint density at radius 1 is 1.00 bits per heavy atom. The third-order valence-electron chi connectivity index (χ3n) is 3.92. The number of thioether (sulfide) groups is 1. The van der Waals surface area contributed by atoms with Crippen molar-refractivity contribution in [2.75, 3.05) is 0 Å². The summed E-state index contributed by atoms with van der Waals surface area (Å²) in [5.41, 5.74) is 1.40. The maximum atomic E-state index is 13.0. The van der Waals surface area contributed by atoms with Crippen LogP contribution in [0, 0.1) is 0 Å². The first-order valence-electron chi connectivity index (χ1n) is 7.49. The van der Waals surface area contributed by atoms with Gasteiger partial charge >= 0.3 is 0 Å². The van der Waals surface area contributed by atoms with E-state index in [1.165, 1.54) is 0 Å². The predicted octanol–water partition coefficient (Wildman–Crippen LogP) is 5.03. The standard InChI is InChI=1S/C19H20O2S/c1-3-19(4-2,18(21)16-8-6-5-7-9-16)22-17-12-10-15(14-20)11-13-17/h5-14H,3-4H2,1-2H3. The van der Waals surface area contributed by atoms with E-state index < -0.39 is 4.75 Å². The van der Waals surface area contributed by atoms with Crippen molar-refractivity contribution < 1.29 is 9.59 Å². The average Bonchev–Trinajstić information content (AvgIpc) is 2.60. The molecule has 0 N–H and O–H groups in total. The summed E-state index contributed by atoms with van der Waals surface area (Å²) >= 11 is 1.59. The highest BCUT2D eigenvalue weighted by molar-refractivity contribution is 8.01. The Morgan fingerprint density at radius 2 is 1.59 bits per heavy atom. The van der Waals surface area contributed by atoms with Crippen molar-refractivity contribution >= 4 is 23.8 Å². The molecule has 0 atom stereocenters. The molecule has 0 aliphatic rings. The van der Waals surface area contributed by atoms with Crippen molar-refractivity contribution in [3.8, 4) is 0 Å². The van der Waals surface area contributed by atoms with Gasteiger partial charge in [0.25, 0.3) is 0 Å². The number of hydrogen-bond acceptors (Lipinski definition) is 3. The fourth-order valence-electron chi connectivity index (χ4n) is 2.45. The molecule has 0 heterocycles. The van der Waals surface area contributed by atoms with Gasteiger partial charge in [0.05, 0.1) is 4.75 Å². The van der Waals surface area contributed by atoms with E-state index in [0.717, 1.165) is 29.6 Å². The molecule has 0 fully saturated rings. The molecule has 22 heavy (non-hydrogen) atoms. The van der Waals surface area contributed by atoms with E-state index in [9.17, 15) is 9.59 Å². The highest BCUT2D eigenvalue weighted by atomic mass is 32.2. The second-order valence-corrected chi connectivity index (χ2v) is 6.64. The Balaban J connectivity index is 2.31. The van der Waals surface area contributed by atoms with E-state index >= 15 is 0 Å². The molecule has 0 radical (unpaired) electrons. The minimum Gasteiger partial charge on any atom is -0.298 e. The van der Waals surface area contributed by atoms with Crippen molar-refractivity contribution in [3.63, 3.8) is 0 Å². The number of aldehydes is 1. The first kappa shape index (κ1) is 16.5. The summed E-state index contributed by atoms with van der Waals surface area (Å²) in [6, 6.07) is 16.9. The minimum atomic E-state index is -0.468. The zero-order valence-corrected chi connectivity index (χ0v) is 13.7. The van der Waals surface area contributed by atoms with E-state index in [-0.39, 0.29) is 5.78 Å². The lowest BCUT2D eigenvalue weighted by atomic mass is 9.92. The van der Waals surface area contributed by atoms with Crippen LogP contribution in [0.1, 0.15) is 47.4 Å². The third-order valence-corrected chi connectivity index (χ3v) is 5.58. The molecule has 0 saturated carbocycles. The van der Waals surface area contributed by atoms with Crippen LogP contribution in [0.3, 0.4) is 0 Å². The SMILES string of the molecule is CCC(CC)(Sc1ccc(C=O)cc1)C(=O)c1ccccc1. The Hall–Kier alpha value is -1.87. The van der Waals surface area contributed by atoms with Crippen molar-refractivity contribution in [1.29, 1.82) is 0 Å². The minimum absolute atomic E-state index is 0.169. The smallest absolute Gasteiger partial charge is 0.179 e. The largest absolute Gasteiger partial charge is 0.298 e. The van der Waals surface area contributed by atoms with Crippen LogP contribution in [0.15, 0.2) is 59.5 Å². The number of carbonyl (C=O) groups is 2. The molecule has 0 aliphatic heterocycles. The molecule has 0 aromatic heterocycles. The van der Waals surface area contributed by atoms with Crippen molar-refractivity contribution in [2.45, 2.75) is 36.3 Å². The van der Waals surface area contributed by atoms with Gasteiger partial charge in [-0.2, -0.15) is 0 Å². The molecule has 0 spiro atoms. The summed E-state index contributed by atoms with van der Waals surface area (Å²) in [7, 11) is 0. The zero-order valence-electron chi connectivity index (χ0n) is 12.9. The summed E-state index contributed by atoms with van der Waals surface area (Å²) in [6.07, 6.45) is 2.35. The molecule has 0 saturated heterocycles. The lowest BCUT2D eigenvalue weighted by Gasteiger charge is -2.29. The van der Waals surface area contributed by atoms with Gasteiger partial charge in [0.15, 0.2) is 5.78 Å². The molecule has 2 rings (SSSR count). The fraction of sp³-hybridized carbons (Fsp3) is 0.263. The Kier molecular flexibility index (Phi) is 5.56. The average molecular weight is 312 g/mol. The maximum Gasteiger partial charge on any atom is 0.179 e. The Labute approximate surface area is 135 Å². The highest BCUT2D eigenvalue weighted by Gasteiger charge is 2.36. The lowest BCUT2D eigenvalue weighted by Crippen LogP contribution is -2.33. The van der Waals surface area contributed by atoms with Crippen molar-refractivity contribution in [3.05, 3.63) is 65.7 Å². The van der Waals surface area contributed by atoms with E-state index in [1.54, 1.807) is 23.9 Å². The number of ketones is 1. The molecular formula is C19H20O2S. The van der Waals surface area contributed by atoms with Gasteiger partial charge in [-0.05, 0) is 25.0 Å². The van der Waals surface area contributed by atoms with Crippen LogP contribution in [0.4, 0.5) is 0 Å². The second-order valence-electron chi connectivity index (χ2n) is 5.19. The van der Waals surface area contributed by atoms with Crippen LogP contribution in [0.2, 0.25) is 0 Å². The van der Waals surface area contributed by atoms with Gasteiger partial charge < -0.3 is 0 Å². The van der Waals surface area contributed by atoms with Crippen LogP contribution in [0.5, 0.6) is 0 Å². The van der Waals surface area contributed by atoms with E-state index in [0.29, 0.717) is 5.56 Å². The normalized spacial score (nSPS) is 11.2. The van der Waals surface area contributed by atoms with Crippen LogP contribution >= 0.6 is 11.8 Å². The lowest BCUT2D eigenvalue weighted by molar-refractivity contribution is 0.0937. The van der Waals surface area contributed by atoms with Gasteiger partial charge in [0.2, 0.25) is 0 Å². The fourth-order valence-corrected chi connectivity index (χ4v) is 3.68. The van der Waals surface area contributed by atoms with Gasteiger partial charge in [0, 0.05) is 16.0 Å². The van der Waals surface area contributed by atoms with Crippen molar-refractivity contribution in [1.82, 2.24) is 0 Å². The molecule has 2 nitrogen and oxygen atoms in total. The van der Waals surface area contributed by atoms with E-state index in [4.69, 9.17) is 0 Å². The monoisotopic (exact) mass is 312 g/mol. The molecule has 0 bridgehead atoms. The first-order valence-corrected chi connectivity index (χ1v) is 8.31. The Morgan fingerprint density at radius 3 is 2.09 bits per heavy atom. The third kappa shape index (κ3) is 3.47. The second kappa shape index (κ2) is 7.41. The summed E-state index contributed by atoms with van der Waals surface area (Å²) in [5.74, 6) is 0.169. The van der Waals surface area contributed by atoms with Gasteiger partial charge in [-0.1, -0.05) is 56.3 Å². The van der Waals surface area contributed by atoms with Crippen LogP contribution < -0.4 is 0 Å². The zero-order chi connectivity index (χ0) is 16.0. The van der Waals surface area contributed by atoms with E-state index in [1.807, 2.05) is 42.5 Å². The topological polar surface area (TPSA) is 34.1 Å². The molecule has 2 aromatic rings. The van der Waals surface area contributed by atoms with Gasteiger partial charge in [-0.15, -0.1) is 11.8 Å². The first-order chi connectivity index (χ1) is 10.6. The summed E-state index contributed by atoms with van der Waals surface area (Å²) in [4.78, 5) is 24.7. The van der Waals surface area contributed by atoms with Crippen LogP contribution in [0.25, 0.3) is 0 Å². The van der Waals surface area contributed by atoms with Gasteiger partial charge in [-0.25, -0.2) is 0 Å². The maximum absolute atomic E-state index is 13.0. The number of rotatable bonds is 7. The van der Waals surface area contributed by atoms with Crippen LogP contribution in [-0.4, -0.2) is 16.8 Å². The molecule has 0 aliphatic carbocycles. The quantitative estimate of drug-likeness (QED) is 0.408. The van der Waals surface area contributed by atoms with Crippen LogP contribution in [-0.2, 0) is 0 Å². The summed E-state index contributed by atoms with van der Waals surface area (Å²) in [6.45, 7) is 4.11. The molecular weight excluding hydrogens is 292 g/mol. The summed E-state index contributed by atoms with van der Waals surface area (Å²) < 4.78 is -0.468. The number of hydrogen-bond donors (Lipinski definition) is 0. The highest BCUT2D eigenvalue weighted by Crippen LogP contribution is 2.41. The predicted molar refractivity (Wildman–Crippen MR) is 91.8 cm³/mol. The molecule has 3 heteroatoms. The molecule has 0 amide bonds. The number of Topliss-reactive ketones (excluding diaryl/α,β-unsaturated/α-hetero) is 1. The Bertz CT molecular complexity index is 628. The van der Waals surface area contributed by atoms with Gasteiger partial charge in [0.1, 0.15) is 6.29 Å². The number of carbonyl (C=O) groups excluding carboxylic acids is 2. The summed E-state index contributed by atoms with van der Waals surface area (Å²) in [5, 5.41) is 0. The van der Waals surface area contributed by atoms with Crippen molar-refractivity contribution in [2.24, 2.45) is 0 Å². The van der Waals surface area contributed by atoms with Gasteiger partial charge in [-0.3, -0.25) is 9.59 Å². The van der Waals surface area contributed by atoms with E-state index in [2.05, 4.69) is 13.8 Å². The number of benzene rings is 2. The molecule has 2 aromatic carbocycles.